The smallest absolute Gasteiger partial charge is 0.129 e. The molecule has 0 aromatic heterocycles. The molecule has 2 rings (SSSR count). The van der Waals surface area contributed by atoms with Crippen LogP contribution in [0.1, 0.15) is 11.6 Å². The highest BCUT2D eigenvalue weighted by Gasteiger charge is 2.24. The first-order valence-electron chi connectivity index (χ1n) is 5.68. The van der Waals surface area contributed by atoms with Crippen molar-refractivity contribution in [2.24, 2.45) is 0 Å². The van der Waals surface area contributed by atoms with Crippen LogP contribution in [0.2, 0.25) is 5.02 Å². The fourth-order valence-corrected chi connectivity index (χ4v) is 2.30. The molecule has 1 fully saturated rings. The van der Waals surface area contributed by atoms with Gasteiger partial charge < -0.3 is 5.32 Å². The van der Waals surface area contributed by atoms with Gasteiger partial charge in [0.05, 0.1) is 6.04 Å². The van der Waals surface area contributed by atoms with Gasteiger partial charge in [-0.25, -0.2) is 8.78 Å². The molecule has 102 valence electrons. The Balaban J connectivity index is 0.00000162. The number of halogens is 4. The maximum Gasteiger partial charge on any atom is 0.129 e. The van der Waals surface area contributed by atoms with Gasteiger partial charge in [-0.05, 0) is 12.1 Å². The Morgan fingerprint density at radius 3 is 2.56 bits per heavy atom. The van der Waals surface area contributed by atoms with E-state index in [-0.39, 0.29) is 12.4 Å². The minimum atomic E-state index is -0.585. The summed E-state index contributed by atoms with van der Waals surface area (Å²) in [5.74, 6) is -0.432. The van der Waals surface area contributed by atoms with E-state index in [4.69, 9.17) is 11.6 Å². The Kier molecular flexibility index (Phi) is 6.29. The van der Waals surface area contributed by atoms with Gasteiger partial charge in [0.25, 0.3) is 0 Å². The lowest BCUT2D eigenvalue weighted by molar-refractivity contribution is 0.144. The van der Waals surface area contributed by atoms with Crippen LogP contribution < -0.4 is 5.32 Å². The van der Waals surface area contributed by atoms with Gasteiger partial charge >= 0.3 is 0 Å². The van der Waals surface area contributed by atoms with Crippen LogP contribution in [0.25, 0.3) is 0 Å². The maximum absolute atomic E-state index is 13.7. The Hall–Kier alpha value is -0.420. The minimum Gasteiger partial charge on any atom is -0.314 e. The number of nitrogens with one attached hydrogen (secondary N) is 1. The van der Waals surface area contributed by atoms with E-state index in [1.807, 2.05) is 4.90 Å². The van der Waals surface area contributed by atoms with Crippen molar-refractivity contribution < 1.29 is 8.78 Å². The quantitative estimate of drug-likeness (QED) is 0.923. The molecule has 1 aromatic carbocycles. The fourth-order valence-electron chi connectivity index (χ4n) is 2.14. The summed E-state index contributed by atoms with van der Waals surface area (Å²) in [6.07, 6.45) is 0. The van der Waals surface area contributed by atoms with Gasteiger partial charge in [0, 0.05) is 36.8 Å². The van der Waals surface area contributed by atoms with Crippen molar-refractivity contribution in [1.29, 1.82) is 0 Å². The van der Waals surface area contributed by atoms with E-state index in [1.165, 1.54) is 6.07 Å². The topological polar surface area (TPSA) is 15.3 Å². The largest absolute Gasteiger partial charge is 0.314 e. The van der Waals surface area contributed by atoms with Gasteiger partial charge in [0.1, 0.15) is 12.5 Å². The monoisotopic (exact) mass is 296 g/mol. The van der Waals surface area contributed by atoms with E-state index in [2.05, 4.69) is 5.32 Å². The van der Waals surface area contributed by atoms with Crippen LogP contribution in [0, 0.1) is 5.82 Å². The van der Waals surface area contributed by atoms with Crippen LogP contribution in [0.5, 0.6) is 0 Å². The highest BCUT2D eigenvalue weighted by Crippen LogP contribution is 2.26. The van der Waals surface area contributed by atoms with Crippen molar-refractivity contribution in [3.63, 3.8) is 0 Å². The molecule has 0 radical (unpaired) electrons. The number of benzene rings is 1. The van der Waals surface area contributed by atoms with Crippen LogP contribution in [0.15, 0.2) is 18.2 Å². The van der Waals surface area contributed by atoms with Crippen molar-refractivity contribution in [1.82, 2.24) is 10.2 Å². The third-order valence-electron chi connectivity index (χ3n) is 3.06. The molecule has 18 heavy (non-hydrogen) atoms. The van der Waals surface area contributed by atoms with Crippen LogP contribution >= 0.6 is 24.0 Å². The molecule has 0 unspecified atom stereocenters. The molecule has 2 nitrogen and oxygen atoms in total. The van der Waals surface area contributed by atoms with Gasteiger partial charge in [-0.2, -0.15) is 0 Å². The summed E-state index contributed by atoms with van der Waals surface area (Å²) >= 11 is 5.69. The molecular weight excluding hydrogens is 281 g/mol. The normalized spacial score (nSPS) is 18.2. The predicted octanol–water partition coefficient (Wildman–Crippen LogP) is 2.82. The van der Waals surface area contributed by atoms with E-state index in [9.17, 15) is 8.78 Å². The molecule has 1 aromatic rings. The highest BCUT2D eigenvalue weighted by atomic mass is 35.5. The van der Waals surface area contributed by atoms with Gasteiger partial charge in [-0.1, -0.05) is 17.7 Å². The first-order valence-corrected chi connectivity index (χ1v) is 6.06. The molecule has 6 heteroatoms. The minimum absolute atomic E-state index is 0. The summed E-state index contributed by atoms with van der Waals surface area (Å²) in [7, 11) is 0. The number of alkyl halides is 1. The average molecular weight is 297 g/mol. The molecule has 0 amide bonds. The molecule has 0 aliphatic carbocycles. The summed E-state index contributed by atoms with van der Waals surface area (Å²) in [5, 5.41) is 3.53. The second-order valence-electron chi connectivity index (χ2n) is 4.12. The van der Waals surface area contributed by atoms with Crippen LogP contribution in [0.4, 0.5) is 8.78 Å². The Bertz CT molecular complexity index is 384. The first-order chi connectivity index (χ1) is 8.22. The van der Waals surface area contributed by atoms with Crippen molar-refractivity contribution in [2.45, 2.75) is 6.04 Å². The molecular formula is C12H16Cl2F2N2. The molecule has 1 atom stereocenters. The lowest BCUT2D eigenvalue weighted by Crippen LogP contribution is -2.45. The Morgan fingerprint density at radius 1 is 1.33 bits per heavy atom. The molecule has 1 aliphatic rings. The van der Waals surface area contributed by atoms with Gasteiger partial charge in [-0.3, -0.25) is 4.90 Å². The zero-order valence-electron chi connectivity index (χ0n) is 9.83. The number of nitrogens with zero attached hydrogens (tertiary/aromatic N) is 1. The van der Waals surface area contributed by atoms with E-state index >= 15 is 0 Å². The molecule has 0 saturated carbocycles. The van der Waals surface area contributed by atoms with Crippen LogP contribution in [-0.4, -0.2) is 37.8 Å². The fraction of sp³-hybridized carbons (Fsp3) is 0.500. The second-order valence-corrected chi connectivity index (χ2v) is 4.56. The van der Waals surface area contributed by atoms with Crippen LogP contribution in [-0.2, 0) is 0 Å². The average Bonchev–Trinajstić information content (AvgIpc) is 2.34. The van der Waals surface area contributed by atoms with Crippen molar-refractivity contribution in [3.8, 4) is 0 Å². The third kappa shape index (κ3) is 3.54. The van der Waals surface area contributed by atoms with Crippen LogP contribution in [0.3, 0.4) is 0 Å². The van der Waals surface area contributed by atoms with E-state index in [1.54, 1.807) is 12.1 Å². The number of hydrogen-bond acceptors (Lipinski definition) is 2. The summed E-state index contributed by atoms with van der Waals surface area (Å²) in [4.78, 5) is 1.96. The van der Waals surface area contributed by atoms with Gasteiger partial charge in [0.15, 0.2) is 0 Å². The molecule has 0 spiro atoms. The Morgan fingerprint density at radius 2 is 2.00 bits per heavy atom. The van der Waals surface area contributed by atoms with Crippen molar-refractivity contribution in [3.05, 3.63) is 34.6 Å². The SMILES string of the molecule is Cl.FC[C@H](c1ccc(Cl)cc1F)N1CCNCC1. The first kappa shape index (κ1) is 15.6. The summed E-state index contributed by atoms with van der Waals surface area (Å²) < 4.78 is 26.9. The standard InChI is InChI=1S/C12H15ClF2N2.ClH/c13-9-1-2-10(11(15)7-9)12(8-14)17-5-3-16-4-6-17;/h1-2,7,12,16H,3-6,8H2;1H/t12-;/m1./s1. The summed E-state index contributed by atoms with van der Waals surface area (Å²) in [5.41, 5.74) is 0.388. The predicted molar refractivity (Wildman–Crippen MR) is 71.8 cm³/mol. The molecule has 0 bridgehead atoms. The van der Waals surface area contributed by atoms with Gasteiger partial charge in [0.2, 0.25) is 0 Å². The van der Waals surface area contributed by atoms with Crippen molar-refractivity contribution >= 4 is 24.0 Å². The number of piperazine rings is 1. The summed E-state index contributed by atoms with van der Waals surface area (Å²) in [6.45, 7) is 2.50. The molecule has 1 N–H and O–H groups in total. The highest BCUT2D eigenvalue weighted by molar-refractivity contribution is 6.30. The maximum atomic E-state index is 13.7. The second kappa shape index (κ2) is 7.24. The third-order valence-corrected chi connectivity index (χ3v) is 3.30. The zero-order valence-corrected chi connectivity index (χ0v) is 11.4. The lowest BCUT2D eigenvalue weighted by Gasteiger charge is -2.33. The zero-order chi connectivity index (χ0) is 12.3. The molecule has 1 aliphatic heterocycles. The summed E-state index contributed by atoms with van der Waals surface area (Å²) in [6, 6.07) is 3.91. The van der Waals surface area contributed by atoms with Gasteiger partial charge in [-0.15, -0.1) is 12.4 Å². The van der Waals surface area contributed by atoms with Crippen molar-refractivity contribution in [2.75, 3.05) is 32.9 Å². The number of rotatable bonds is 3. The number of hydrogen-bond donors (Lipinski definition) is 1. The molecule has 1 heterocycles. The van der Waals surface area contributed by atoms with E-state index in [0.717, 1.165) is 26.2 Å². The molecule has 1 saturated heterocycles. The van der Waals surface area contributed by atoms with E-state index < -0.39 is 18.5 Å². The lowest BCUT2D eigenvalue weighted by atomic mass is 10.0. The Labute approximate surface area is 117 Å². The van der Waals surface area contributed by atoms with E-state index in [0.29, 0.717) is 10.6 Å².